The van der Waals surface area contributed by atoms with Crippen LogP contribution in [-0.2, 0) is 13.6 Å². The molecule has 0 unspecified atom stereocenters. The molecular formula is C16H21N3O. The van der Waals surface area contributed by atoms with Crippen LogP contribution in [0.15, 0.2) is 41.2 Å². The standard InChI is InChI=1S/C16H21N3O/c1-3-4-8-11-19-14(13-9-6-5-7-10-13)12-15(20)18(2)16(19)17/h5-7,9-10,12,17H,3-4,8,11H2,1-2H3. The minimum absolute atomic E-state index is 0.138. The van der Waals surface area contributed by atoms with Crippen molar-refractivity contribution in [1.82, 2.24) is 9.13 Å². The molecule has 0 aliphatic rings. The third-order valence-corrected chi connectivity index (χ3v) is 3.51. The van der Waals surface area contributed by atoms with Gasteiger partial charge in [0.05, 0.1) is 5.69 Å². The molecule has 20 heavy (non-hydrogen) atoms. The van der Waals surface area contributed by atoms with Crippen molar-refractivity contribution in [3.8, 4) is 11.3 Å². The highest BCUT2D eigenvalue weighted by atomic mass is 16.1. The van der Waals surface area contributed by atoms with E-state index in [1.165, 1.54) is 4.57 Å². The smallest absolute Gasteiger partial charge is 0.255 e. The van der Waals surface area contributed by atoms with Crippen LogP contribution in [0.4, 0.5) is 0 Å². The van der Waals surface area contributed by atoms with Crippen molar-refractivity contribution >= 4 is 0 Å². The van der Waals surface area contributed by atoms with Crippen molar-refractivity contribution in [2.24, 2.45) is 7.05 Å². The average Bonchev–Trinajstić information content (AvgIpc) is 2.48. The summed E-state index contributed by atoms with van der Waals surface area (Å²) < 4.78 is 3.31. The maximum atomic E-state index is 11.9. The number of nitrogens with zero attached hydrogens (tertiary/aromatic N) is 2. The van der Waals surface area contributed by atoms with Crippen LogP contribution in [0.1, 0.15) is 26.2 Å². The lowest BCUT2D eigenvalue weighted by atomic mass is 10.1. The van der Waals surface area contributed by atoms with E-state index in [0.29, 0.717) is 0 Å². The highest BCUT2D eigenvalue weighted by Crippen LogP contribution is 2.16. The summed E-state index contributed by atoms with van der Waals surface area (Å²) in [5.74, 6) is 0. The van der Waals surface area contributed by atoms with E-state index in [1.54, 1.807) is 13.1 Å². The summed E-state index contributed by atoms with van der Waals surface area (Å²) in [4.78, 5) is 11.9. The molecule has 2 rings (SSSR count). The Labute approximate surface area is 118 Å². The molecule has 0 saturated carbocycles. The van der Waals surface area contributed by atoms with Gasteiger partial charge in [-0.15, -0.1) is 0 Å². The second kappa shape index (κ2) is 6.37. The van der Waals surface area contributed by atoms with Gasteiger partial charge in [0.25, 0.3) is 5.56 Å². The number of unbranched alkanes of at least 4 members (excludes halogenated alkanes) is 2. The predicted octanol–water partition coefficient (Wildman–Crippen LogP) is 2.52. The SMILES string of the molecule is CCCCCn1c(-c2ccccc2)cc(=O)n(C)c1=N. The van der Waals surface area contributed by atoms with E-state index in [-0.39, 0.29) is 11.2 Å². The fraction of sp³-hybridized carbons (Fsp3) is 0.375. The molecular weight excluding hydrogens is 250 g/mol. The van der Waals surface area contributed by atoms with Crippen LogP contribution in [0.25, 0.3) is 11.3 Å². The first kappa shape index (κ1) is 14.3. The maximum Gasteiger partial charge on any atom is 0.255 e. The Morgan fingerprint density at radius 3 is 2.50 bits per heavy atom. The number of nitrogens with one attached hydrogen (secondary N) is 1. The molecule has 0 atom stereocenters. The van der Waals surface area contributed by atoms with Gasteiger partial charge < -0.3 is 4.57 Å². The monoisotopic (exact) mass is 271 g/mol. The number of benzene rings is 1. The fourth-order valence-corrected chi connectivity index (χ4v) is 2.29. The van der Waals surface area contributed by atoms with E-state index in [2.05, 4.69) is 6.92 Å². The lowest BCUT2D eigenvalue weighted by molar-refractivity contribution is 0.539. The molecule has 0 amide bonds. The highest BCUT2D eigenvalue weighted by molar-refractivity contribution is 5.58. The molecule has 0 aliphatic carbocycles. The quantitative estimate of drug-likeness (QED) is 0.835. The summed E-state index contributed by atoms with van der Waals surface area (Å²) in [7, 11) is 1.65. The topological polar surface area (TPSA) is 50.8 Å². The van der Waals surface area contributed by atoms with Crippen molar-refractivity contribution in [3.63, 3.8) is 0 Å². The van der Waals surface area contributed by atoms with Gasteiger partial charge in [-0.1, -0.05) is 50.1 Å². The zero-order valence-electron chi connectivity index (χ0n) is 12.1. The van der Waals surface area contributed by atoms with Crippen LogP contribution >= 0.6 is 0 Å². The molecule has 2 aromatic rings. The largest absolute Gasteiger partial charge is 0.312 e. The third-order valence-electron chi connectivity index (χ3n) is 3.51. The van der Waals surface area contributed by atoms with Crippen molar-refractivity contribution in [2.75, 3.05) is 0 Å². The second-order valence-electron chi connectivity index (χ2n) is 4.98. The summed E-state index contributed by atoms with van der Waals surface area (Å²) >= 11 is 0. The zero-order chi connectivity index (χ0) is 14.5. The molecule has 4 nitrogen and oxygen atoms in total. The molecule has 1 N–H and O–H groups in total. The van der Waals surface area contributed by atoms with Crippen molar-refractivity contribution in [2.45, 2.75) is 32.7 Å². The summed E-state index contributed by atoms with van der Waals surface area (Å²) in [5.41, 5.74) is 1.93. The van der Waals surface area contributed by atoms with E-state index >= 15 is 0 Å². The van der Waals surface area contributed by atoms with E-state index < -0.39 is 0 Å². The maximum absolute atomic E-state index is 11.9. The molecule has 0 bridgehead atoms. The molecule has 0 spiro atoms. The van der Waals surface area contributed by atoms with Crippen molar-refractivity contribution in [1.29, 1.82) is 5.41 Å². The molecule has 0 fully saturated rings. The first-order valence-corrected chi connectivity index (χ1v) is 7.06. The van der Waals surface area contributed by atoms with Gasteiger partial charge in [0.15, 0.2) is 0 Å². The Morgan fingerprint density at radius 1 is 1.15 bits per heavy atom. The van der Waals surface area contributed by atoms with Gasteiger partial charge in [0.1, 0.15) is 0 Å². The summed E-state index contributed by atoms with van der Waals surface area (Å²) in [6, 6.07) is 11.4. The number of rotatable bonds is 5. The molecule has 0 saturated heterocycles. The van der Waals surface area contributed by atoms with Crippen LogP contribution < -0.4 is 11.2 Å². The Hall–Kier alpha value is -2.10. The number of aromatic nitrogens is 2. The van der Waals surface area contributed by atoms with Crippen LogP contribution in [0.5, 0.6) is 0 Å². The molecule has 0 radical (unpaired) electrons. The Kier molecular flexibility index (Phi) is 4.56. The van der Waals surface area contributed by atoms with E-state index in [0.717, 1.165) is 37.1 Å². The molecule has 1 heterocycles. The van der Waals surface area contributed by atoms with Crippen molar-refractivity contribution < 1.29 is 0 Å². The Morgan fingerprint density at radius 2 is 1.85 bits per heavy atom. The molecule has 1 aromatic carbocycles. The zero-order valence-corrected chi connectivity index (χ0v) is 12.1. The molecule has 0 aliphatic heterocycles. The third kappa shape index (κ3) is 2.90. The first-order valence-electron chi connectivity index (χ1n) is 7.06. The van der Waals surface area contributed by atoms with E-state index in [9.17, 15) is 4.79 Å². The lowest BCUT2D eigenvalue weighted by Gasteiger charge is -2.15. The van der Waals surface area contributed by atoms with Crippen LogP contribution in [0, 0.1) is 5.41 Å². The molecule has 106 valence electrons. The number of hydrogen-bond acceptors (Lipinski definition) is 2. The summed E-state index contributed by atoms with van der Waals surface area (Å²) in [6.45, 7) is 2.93. The highest BCUT2D eigenvalue weighted by Gasteiger charge is 2.08. The minimum atomic E-state index is -0.138. The van der Waals surface area contributed by atoms with Gasteiger partial charge in [-0.05, 0) is 12.0 Å². The fourth-order valence-electron chi connectivity index (χ4n) is 2.29. The minimum Gasteiger partial charge on any atom is -0.312 e. The Balaban J connectivity index is 2.54. The van der Waals surface area contributed by atoms with Gasteiger partial charge in [-0.2, -0.15) is 0 Å². The predicted molar refractivity (Wildman–Crippen MR) is 80.5 cm³/mol. The van der Waals surface area contributed by atoms with Crippen LogP contribution in [0.3, 0.4) is 0 Å². The van der Waals surface area contributed by atoms with Crippen LogP contribution in [-0.4, -0.2) is 9.13 Å². The first-order chi connectivity index (χ1) is 9.65. The lowest BCUT2D eigenvalue weighted by Crippen LogP contribution is -2.38. The number of hydrogen-bond donors (Lipinski definition) is 1. The van der Waals surface area contributed by atoms with Gasteiger partial charge >= 0.3 is 0 Å². The second-order valence-corrected chi connectivity index (χ2v) is 4.98. The van der Waals surface area contributed by atoms with Gasteiger partial charge in [-0.3, -0.25) is 14.8 Å². The van der Waals surface area contributed by atoms with Gasteiger partial charge in [0, 0.05) is 19.7 Å². The van der Waals surface area contributed by atoms with Gasteiger partial charge in [0.2, 0.25) is 5.62 Å². The van der Waals surface area contributed by atoms with Crippen LogP contribution in [0.2, 0.25) is 0 Å². The summed E-state index contributed by atoms with van der Waals surface area (Å²) in [5, 5.41) is 8.19. The van der Waals surface area contributed by atoms with Gasteiger partial charge in [-0.25, -0.2) is 0 Å². The average molecular weight is 271 g/mol. The Bertz CT molecular complexity index is 683. The van der Waals surface area contributed by atoms with E-state index in [1.807, 2.05) is 34.9 Å². The molecule has 4 heteroatoms. The molecule has 1 aromatic heterocycles. The van der Waals surface area contributed by atoms with E-state index in [4.69, 9.17) is 5.41 Å². The summed E-state index contributed by atoms with van der Waals surface area (Å²) in [6.07, 6.45) is 3.29. The van der Waals surface area contributed by atoms with Crippen molar-refractivity contribution in [3.05, 3.63) is 52.4 Å². The normalized spacial score (nSPS) is 10.7.